The third kappa shape index (κ3) is 0.889. The predicted octanol–water partition coefficient (Wildman–Crippen LogP) is 2.53. The molecule has 0 radical (unpaired) electrons. The summed E-state index contributed by atoms with van der Waals surface area (Å²) >= 11 is 7.05. The highest BCUT2D eigenvalue weighted by Gasteiger charge is 2.69. The van der Waals surface area contributed by atoms with Gasteiger partial charge < -0.3 is 4.74 Å². The summed E-state index contributed by atoms with van der Waals surface area (Å²) in [4.78, 5) is 0. The van der Waals surface area contributed by atoms with Crippen LogP contribution in [-0.4, -0.2) is 16.4 Å². The summed E-state index contributed by atoms with van der Waals surface area (Å²) in [6, 6.07) is 0. The average Bonchev–Trinajstić information content (AvgIpc) is 2.00. The summed E-state index contributed by atoms with van der Waals surface area (Å²) < 4.78 is 5.21. The van der Waals surface area contributed by atoms with Crippen molar-refractivity contribution in [1.29, 1.82) is 0 Å². The van der Waals surface area contributed by atoms with Gasteiger partial charge in [-0.2, -0.15) is 0 Å². The van der Waals surface area contributed by atoms with Gasteiger partial charge in [-0.05, 0) is 0 Å². The average molecular weight is 258 g/mol. The lowest BCUT2D eigenvalue weighted by atomic mass is 10.2. The second kappa shape index (κ2) is 1.95. The molecule has 0 aliphatic heterocycles. The van der Waals surface area contributed by atoms with Crippen molar-refractivity contribution in [2.24, 2.45) is 5.41 Å². The molecule has 0 saturated heterocycles. The van der Waals surface area contributed by atoms with E-state index in [0.717, 1.165) is 0 Å². The Kier molecular flexibility index (Phi) is 1.74. The molecule has 1 nitrogen and oxygen atoms in total. The van der Waals surface area contributed by atoms with Gasteiger partial charge in [-0.1, -0.05) is 45.7 Å². The normalized spacial score (nSPS) is 36.3. The van der Waals surface area contributed by atoms with Crippen LogP contribution in [0.1, 0.15) is 13.8 Å². The molecule has 1 saturated carbocycles. The molecule has 0 N–H and O–H groups in total. The number of alkyl halides is 2. The Morgan fingerprint density at radius 2 is 1.67 bits per heavy atom. The Morgan fingerprint density at radius 3 is 1.67 bits per heavy atom. The number of rotatable bonds is 1. The van der Waals surface area contributed by atoms with Crippen LogP contribution in [0.2, 0.25) is 0 Å². The van der Waals surface area contributed by atoms with E-state index in [1.165, 1.54) is 0 Å². The number of hydrogen-bond donors (Lipinski definition) is 0. The zero-order valence-electron chi connectivity index (χ0n) is 5.74. The first kappa shape index (κ1) is 8.02. The molecule has 54 valence electrons. The SMILES string of the molecule is CO[C@H]1C(C)(C)C1(Br)Br. The molecular formula is C6H10Br2O. The van der Waals surface area contributed by atoms with E-state index >= 15 is 0 Å². The fourth-order valence-electron chi connectivity index (χ4n) is 1.06. The van der Waals surface area contributed by atoms with E-state index in [1.54, 1.807) is 7.11 Å². The number of methoxy groups -OCH3 is 1. The van der Waals surface area contributed by atoms with Crippen LogP contribution in [0, 0.1) is 5.41 Å². The molecule has 3 heteroatoms. The molecule has 0 spiro atoms. The first-order valence-electron chi connectivity index (χ1n) is 2.85. The lowest BCUT2D eigenvalue weighted by Crippen LogP contribution is -1.96. The summed E-state index contributed by atoms with van der Waals surface area (Å²) in [5.41, 5.74) is 0.224. The van der Waals surface area contributed by atoms with Crippen LogP contribution in [0.3, 0.4) is 0 Å². The molecule has 1 atom stereocenters. The first-order valence-corrected chi connectivity index (χ1v) is 4.44. The third-order valence-electron chi connectivity index (χ3n) is 2.00. The van der Waals surface area contributed by atoms with E-state index in [1.807, 2.05) is 0 Å². The van der Waals surface area contributed by atoms with Gasteiger partial charge in [0.25, 0.3) is 0 Å². The number of ether oxygens (including phenoxy) is 1. The second-order valence-corrected chi connectivity index (χ2v) is 6.53. The van der Waals surface area contributed by atoms with Crippen molar-refractivity contribution in [3.63, 3.8) is 0 Å². The molecule has 0 aromatic heterocycles. The summed E-state index contributed by atoms with van der Waals surface area (Å²) in [5.74, 6) is 0. The molecule has 1 aliphatic rings. The third-order valence-corrected chi connectivity index (χ3v) is 4.87. The van der Waals surface area contributed by atoms with Gasteiger partial charge in [0.15, 0.2) is 0 Å². The van der Waals surface area contributed by atoms with E-state index in [2.05, 4.69) is 45.7 Å². The fraction of sp³-hybridized carbons (Fsp3) is 1.00. The molecule has 1 rings (SSSR count). The standard InChI is InChI=1S/C6H10Br2O/c1-5(2)4(9-3)6(5,7)8/h4H,1-3H3/t4-/m0/s1. The highest BCUT2D eigenvalue weighted by molar-refractivity contribution is 9.25. The predicted molar refractivity (Wildman–Crippen MR) is 45.2 cm³/mol. The number of halogens is 2. The topological polar surface area (TPSA) is 9.23 Å². The van der Waals surface area contributed by atoms with Crippen molar-refractivity contribution in [2.45, 2.75) is 23.2 Å². The molecular weight excluding hydrogens is 248 g/mol. The van der Waals surface area contributed by atoms with E-state index in [0.29, 0.717) is 6.10 Å². The van der Waals surface area contributed by atoms with Crippen LogP contribution in [-0.2, 0) is 4.74 Å². The van der Waals surface area contributed by atoms with Crippen LogP contribution < -0.4 is 0 Å². The van der Waals surface area contributed by atoms with Crippen molar-refractivity contribution in [1.82, 2.24) is 0 Å². The highest BCUT2D eigenvalue weighted by Crippen LogP contribution is 2.67. The maximum absolute atomic E-state index is 5.20. The van der Waals surface area contributed by atoms with E-state index in [9.17, 15) is 0 Å². The molecule has 0 aromatic carbocycles. The molecule has 0 bridgehead atoms. The molecule has 1 fully saturated rings. The van der Waals surface area contributed by atoms with Gasteiger partial charge in [0, 0.05) is 12.5 Å². The van der Waals surface area contributed by atoms with Crippen molar-refractivity contribution in [3.05, 3.63) is 0 Å². The van der Waals surface area contributed by atoms with E-state index in [-0.39, 0.29) is 8.65 Å². The first-order chi connectivity index (χ1) is 3.94. The van der Waals surface area contributed by atoms with Crippen LogP contribution in [0.5, 0.6) is 0 Å². The molecule has 0 amide bonds. The molecule has 9 heavy (non-hydrogen) atoms. The fourth-order valence-corrected chi connectivity index (χ4v) is 2.76. The maximum atomic E-state index is 5.20. The lowest BCUT2D eigenvalue weighted by molar-refractivity contribution is 0.153. The largest absolute Gasteiger partial charge is 0.378 e. The minimum Gasteiger partial charge on any atom is -0.378 e. The van der Waals surface area contributed by atoms with E-state index in [4.69, 9.17) is 4.74 Å². The van der Waals surface area contributed by atoms with Crippen molar-refractivity contribution < 1.29 is 4.74 Å². The van der Waals surface area contributed by atoms with Gasteiger partial charge in [0.05, 0.1) is 6.10 Å². The van der Waals surface area contributed by atoms with Gasteiger partial charge in [-0.15, -0.1) is 0 Å². The molecule has 0 unspecified atom stereocenters. The lowest BCUT2D eigenvalue weighted by Gasteiger charge is -1.98. The van der Waals surface area contributed by atoms with Gasteiger partial charge in [-0.3, -0.25) is 0 Å². The highest BCUT2D eigenvalue weighted by atomic mass is 79.9. The summed E-state index contributed by atoms with van der Waals surface area (Å²) in [6.07, 6.45) is 0.296. The van der Waals surface area contributed by atoms with Gasteiger partial charge >= 0.3 is 0 Å². The second-order valence-electron chi connectivity index (χ2n) is 2.96. The van der Waals surface area contributed by atoms with Gasteiger partial charge in [-0.25, -0.2) is 0 Å². The molecule has 0 aromatic rings. The minimum absolute atomic E-state index is 0.0156. The van der Waals surface area contributed by atoms with Gasteiger partial charge in [0.2, 0.25) is 0 Å². The smallest absolute Gasteiger partial charge is 0.115 e. The van der Waals surface area contributed by atoms with Crippen molar-refractivity contribution in [3.8, 4) is 0 Å². The summed E-state index contributed by atoms with van der Waals surface area (Å²) in [5, 5.41) is 0. The van der Waals surface area contributed by atoms with Crippen LogP contribution in [0.25, 0.3) is 0 Å². The van der Waals surface area contributed by atoms with Crippen molar-refractivity contribution >= 4 is 31.9 Å². The Balaban J connectivity index is 2.66. The Labute approximate surface area is 72.4 Å². The van der Waals surface area contributed by atoms with E-state index < -0.39 is 0 Å². The Hall–Kier alpha value is 0.920. The molecule has 1 aliphatic carbocycles. The van der Waals surface area contributed by atoms with Gasteiger partial charge in [0.1, 0.15) is 3.23 Å². The van der Waals surface area contributed by atoms with Crippen LogP contribution in [0.15, 0.2) is 0 Å². The Bertz CT molecular complexity index is 117. The quantitative estimate of drug-likeness (QED) is 0.656. The van der Waals surface area contributed by atoms with Crippen LogP contribution >= 0.6 is 31.9 Å². The summed E-state index contributed by atoms with van der Waals surface area (Å²) in [6.45, 7) is 4.31. The zero-order chi connectivity index (χ0) is 7.28. The number of hydrogen-bond acceptors (Lipinski definition) is 1. The monoisotopic (exact) mass is 256 g/mol. The Morgan fingerprint density at radius 1 is 1.33 bits per heavy atom. The van der Waals surface area contributed by atoms with Crippen LogP contribution in [0.4, 0.5) is 0 Å². The van der Waals surface area contributed by atoms with Crippen molar-refractivity contribution in [2.75, 3.05) is 7.11 Å². The maximum Gasteiger partial charge on any atom is 0.115 e. The minimum atomic E-state index is 0.0156. The summed E-state index contributed by atoms with van der Waals surface area (Å²) in [7, 11) is 1.73. The zero-order valence-corrected chi connectivity index (χ0v) is 8.91. The molecule has 0 heterocycles.